The second kappa shape index (κ2) is 7.82. The lowest BCUT2D eigenvalue weighted by Gasteiger charge is -2.14. The summed E-state index contributed by atoms with van der Waals surface area (Å²) in [7, 11) is 1.87. The second-order valence-corrected chi connectivity index (χ2v) is 5.53. The Balaban J connectivity index is 2.40. The number of nitrogens with one attached hydrogen (secondary N) is 2. The zero-order valence-electron chi connectivity index (χ0n) is 12.5. The molecule has 0 radical (unpaired) electrons. The molecule has 0 spiro atoms. The molecule has 1 rings (SSSR count). The summed E-state index contributed by atoms with van der Waals surface area (Å²) in [6, 6.07) is 7.76. The Morgan fingerprint density at radius 1 is 1.11 bits per heavy atom. The van der Waals surface area contributed by atoms with Crippen molar-refractivity contribution in [2.24, 2.45) is 5.92 Å². The van der Waals surface area contributed by atoms with E-state index in [1.807, 2.05) is 31.3 Å². The zero-order chi connectivity index (χ0) is 14.3. The van der Waals surface area contributed by atoms with Crippen LogP contribution in [0.3, 0.4) is 0 Å². The van der Waals surface area contributed by atoms with E-state index in [-0.39, 0.29) is 11.9 Å². The molecular formula is C16H26N2O. The van der Waals surface area contributed by atoms with Gasteiger partial charge < -0.3 is 10.6 Å². The quantitative estimate of drug-likeness (QED) is 0.787. The van der Waals surface area contributed by atoms with Crippen molar-refractivity contribution in [1.82, 2.24) is 5.32 Å². The van der Waals surface area contributed by atoms with Crippen LogP contribution in [-0.4, -0.2) is 19.0 Å². The molecule has 106 valence electrons. The summed E-state index contributed by atoms with van der Waals surface area (Å²) in [5, 5.41) is 6.09. The summed E-state index contributed by atoms with van der Waals surface area (Å²) in [6.07, 6.45) is 3.42. The first kappa shape index (κ1) is 15.5. The highest BCUT2D eigenvalue weighted by atomic mass is 16.1. The van der Waals surface area contributed by atoms with Crippen LogP contribution in [0.15, 0.2) is 24.3 Å². The molecule has 19 heavy (non-hydrogen) atoms. The van der Waals surface area contributed by atoms with Crippen molar-refractivity contribution in [3.05, 3.63) is 29.8 Å². The van der Waals surface area contributed by atoms with Gasteiger partial charge in [-0.25, -0.2) is 0 Å². The number of hydrogen-bond acceptors (Lipinski definition) is 2. The van der Waals surface area contributed by atoms with Crippen LogP contribution in [0.25, 0.3) is 0 Å². The molecule has 0 aliphatic rings. The van der Waals surface area contributed by atoms with Crippen molar-refractivity contribution in [2.45, 2.75) is 46.1 Å². The molecule has 1 aromatic rings. The van der Waals surface area contributed by atoms with Crippen LogP contribution in [0, 0.1) is 5.92 Å². The average molecular weight is 262 g/mol. The molecule has 1 unspecified atom stereocenters. The number of carbonyl (C=O) groups is 1. The van der Waals surface area contributed by atoms with Gasteiger partial charge in [-0.3, -0.25) is 4.79 Å². The standard InChI is InChI=1S/C16H26N2O/c1-12(2)6-5-7-13(3)18-16(19)14-8-10-15(17-4)11-9-14/h8-13,17H,5-7H2,1-4H3,(H,18,19). The number of hydrogen-bond donors (Lipinski definition) is 2. The van der Waals surface area contributed by atoms with Crippen LogP contribution >= 0.6 is 0 Å². The highest BCUT2D eigenvalue weighted by Gasteiger charge is 2.09. The van der Waals surface area contributed by atoms with Crippen LogP contribution in [0.5, 0.6) is 0 Å². The lowest BCUT2D eigenvalue weighted by molar-refractivity contribution is 0.0938. The van der Waals surface area contributed by atoms with Gasteiger partial charge in [-0.1, -0.05) is 26.7 Å². The van der Waals surface area contributed by atoms with E-state index in [9.17, 15) is 4.79 Å². The SMILES string of the molecule is CNc1ccc(C(=O)NC(C)CCCC(C)C)cc1. The van der Waals surface area contributed by atoms with Gasteiger partial charge in [-0.05, 0) is 43.5 Å². The molecule has 0 heterocycles. The molecule has 0 aliphatic heterocycles. The fourth-order valence-corrected chi connectivity index (χ4v) is 2.00. The molecule has 1 aromatic carbocycles. The maximum Gasteiger partial charge on any atom is 0.251 e. The molecule has 3 nitrogen and oxygen atoms in total. The number of carbonyl (C=O) groups excluding carboxylic acids is 1. The van der Waals surface area contributed by atoms with E-state index < -0.39 is 0 Å². The monoisotopic (exact) mass is 262 g/mol. The van der Waals surface area contributed by atoms with E-state index in [4.69, 9.17) is 0 Å². The predicted molar refractivity (Wildman–Crippen MR) is 81.6 cm³/mol. The minimum absolute atomic E-state index is 0.0136. The van der Waals surface area contributed by atoms with Crippen molar-refractivity contribution < 1.29 is 4.79 Å². The minimum Gasteiger partial charge on any atom is -0.388 e. The topological polar surface area (TPSA) is 41.1 Å². The van der Waals surface area contributed by atoms with E-state index in [0.717, 1.165) is 30.0 Å². The van der Waals surface area contributed by atoms with Gasteiger partial charge in [-0.15, -0.1) is 0 Å². The van der Waals surface area contributed by atoms with Gasteiger partial charge in [-0.2, -0.15) is 0 Å². The van der Waals surface area contributed by atoms with Gasteiger partial charge in [0.1, 0.15) is 0 Å². The first-order valence-corrected chi connectivity index (χ1v) is 7.11. The fourth-order valence-electron chi connectivity index (χ4n) is 2.00. The van der Waals surface area contributed by atoms with Gasteiger partial charge in [0, 0.05) is 24.3 Å². The predicted octanol–water partition coefficient (Wildman–Crippen LogP) is 3.67. The van der Waals surface area contributed by atoms with Crippen molar-refractivity contribution in [1.29, 1.82) is 0 Å². The molecule has 0 fully saturated rings. The van der Waals surface area contributed by atoms with E-state index in [2.05, 4.69) is 31.4 Å². The largest absolute Gasteiger partial charge is 0.388 e. The fraction of sp³-hybridized carbons (Fsp3) is 0.562. The van der Waals surface area contributed by atoms with Gasteiger partial charge in [0.05, 0.1) is 0 Å². The third-order valence-corrected chi connectivity index (χ3v) is 3.23. The first-order valence-electron chi connectivity index (χ1n) is 7.11. The minimum atomic E-state index is 0.0136. The molecule has 0 bridgehead atoms. The number of anilines is 1. The van der Waals surface area contributed by atoms with E-state index >= 15 is 0 Å². The third kappa shape index (κ3) is 5.77. The number of amides is 1. The molecule has 0 aromatic heterocycles. The van der Waals surface area contributed by atoms with Crippen molar-refractivity contribution in [2.75, 3.05) is 12.4 Å². The van der Waals surface area contributed by atoms with Gasteiger partial charge in [0.25, 0.3) is 5.91 Å². The van der Waals surface area contributed by atoms with Gasteiger partial charge >= 0.3 is 0 Å². The zero-order valence-corrected chi connectivity index (χ0v) is 12.5. The highest BCUT2D eigenvalue weighted by Crippen LogP contribution is 2.11. The van der Waals surface area contributed by atoms with Crippen LogP contribution in [-0.2, 0) is 0 Å². The first-order chi connectivity index (χ1) is 9.02. The number of rotatable bonds is 7. The molecule has 2 N–H and O–H groups in total. The summed E-state index contributed by atoms with van der Waals surface area (Å²) in [5.41, 5.74) is 1.73. The smallest absolute Gasteiger partial charge is 0.251 e. The lowest BCUT2D eigenvalue weighted by atomic mass is 10.0. The molecule has 1 atom stereocenters. The molecule has 0 saturated heterocycles. The Labute approximate surface area is 116 Å². The Kier molecular flexibility index (Phi) is 6.40. The summed E-state index contributed by atoms with van der Waals surface area (Å²) in [4.78, 5) is 12.0. The van der Waals surface area contributed by atoms with Crippen LogP contribution in [0.4, 0.5) is 5.69 Å². The lowest BCUT2D eigenvalue weighted by Crippen LogP contribution is -2.32. The Morgan fingerprint density at radius 3 is 2.26 bits per heavy atom. The molecule has 3 heteroatoms. The summed E-state index contributed by atoms with van der Waals surface area (Å²) < 4.78 is 0. The third-order valence-electron chi connectivity index (χ3n) is 3.23. The van der Waals surface area contributed by atoms with E-state index in [1.165, 1.54) is 6.42 Å². The summed E-state index contributed by atoms with van der Waals surface area (Å²) in [5.74, 6) is 0.747. The Morgan fingerprint density at radius 2 is 1.74 bits per heavy atom. The average Bonchev–Trinajstić information content (AvgIpc) is 2.38. The van der Waals surface area contributed by atoms with Gasteiger partial charge in [0.15, 0.2) is 0 Å². The maximum absolute atomic E-state index is 12.0. The Bertz CT molecular complexity index is 384. The van der Waals surface area contributed by atoms with Gasteiger partial charge in [0.2, 0.25) is 0 Å². The van der Waals surface area contributed by atoms with E-state index in [0.29, 0.717) is 0 Å². The Hall–Kier alpha value is -1.51. The van der Waals surface area contributed by atoms with E-state index in [1.54, 1.807) is 0 Å². The molecule has 0 aliphatic carbocycles. The van der Waals surface area contributed by atoms with Crippen LogP contribution < -0.4 is 10.6 Å². The number of benzene rings is 1. The summed E-state index contributed by atoms with van der Waals surface area (Å²) in [6.45, 7) is 6.53. The molecule has 1 amide bonds. The van der Waals surface area contributed by atoms with Crippen molar-refractivity contribution in [3.8, 4) is 0 Å². The summed E-state index contributed by atoms with van der Waals surface area (Å²) >= 11 is 0. The highest BCUT2D eigenvalue weighted by molar-refractivity contribution is 5.94. The molecular weight excluding hydrogens is 236 g/mol. The van der Waals surface area contributed by atoms with Crippen molar-refractivity contribution >= 4 is 11.6 Å². The van der Waals surface area contributed by atoms with Crippen LogP contribution in [0.2, 0.25) is 0 Å². The molecule has 0 saturated carbocycles. The van der Waals surface area contributed by atoms with Crippen molar-refractivity contribution in [3.63, 3.8) is 0 Å². The van der Waals surface area contributed by atoms with Crippen LogP contribution in [0.1, 0.15) is 50.4 Å². The maximum atomic E-state index is 12.0. The second-order valence-electron chi connectivity index (χ2n) is 5.53. The normalized spacial score (nSPS) is 12.3.